The fraction of sp³-hybridized carbons (Fsp3) is 0.281. The lowest BCUT2D eigenvalue weighted by Crippen LogP contribution is -2.71. The Kier molecular flexibility index (Phi) is 7.59. The Morgan fingerprint density at radius 1 is 1.13 bits per heavy atom. The Labute approximate surface area is 281 Å². The molecule has 14 heteroatoms. The average molecular weight is 776 g/mol. The molecule has 10 nitrogen and oxygen atoms in total. The summed E-state index contributed by atoms with van der Waals surface area (Å²) >= 11 is 3.61. The number of β-lactam (4-membered cyclic amide) rings is 1. The average Bonchev–Trinajstić information content (AvgIpc) is 3.49. The van der Waals surface area contributed by atoms with Gasteiger partial charge in [0.15, 0.2) is 16.4 Å². The summed E-state index contributed by atoms with van der Waals surface area (Å²) in [6.07, 6.45) is 0. The molecule has 0 aliphatic carbocycles. The Morgan fingerprint density at radius 3 is 2.65 bits per heavy atom. The van der Waals surface area contributed by atoms with Gasteiger partial charge in [-0.25, -0.2) is 17.6 Å². The summed E-state index contributed by atoms with van der Waals surface area (Å²) in [5.74, 6) is -2.06. The first-order valence-electron chi connectivity index (χ1n) is 14.3. The number of carbonyl (C=O) groups excluding carboxylic acids is 3. The molecular weight excluding hydrogens is 748 g/mol. The van der Waals surface area contributed by atoms with Gasteiger partial charge in [-0.1, -0.05) is 12.1 Å². The van der Waals surface area contributed by atoms with E-state index >= 15 is 0 Å². The number of hydrogen-bond acceptors (Lipinski definition) is 8. The van der Waals surface area contributed by atoms with Gasteiger partial charge in [0.1, 0.15) is 35.6 Å². The van der Waals surface area contributed by atoms with Crippen molar-refractivity contribution in [3.05, 3.63) is 81.2 Å². The molecule has 4 aromatic rings. The molecule has 2 N–H and O–H groups in total. The molecule has 3 unspecified atom stereocenters. The van der Waals surface area contributed by atoms with Gasteiger partial charge in [-0.15, -0.1) is 11.8 Å². The van der Waals surface area contributed by atoms with Crippen LogP contribution in [0.15, 0.2) is 65.6 Å². The number of hydrogen-bond donors (Lipinski definition) is 2. The first-order valence-corrected chi connectivity index (χ1v) is 17.9. The van der Waals surface area contributed by atoms with Gasteiger partial charge in [0, 0.05) is 30.3 Å². The molecule has 3 aromatic carbocycles. The van der Waals surface area contributed by atoms with Crippen molar-refractivity contribution in [3.63, 3.8) is 0 Å². The third-order valence-corrected chi connectivity index (χ3v) is 12.4. The van der Waals surface area contributed by atoms with Crippen LogP contribution in [0.1, 0.15) is 25.0 Å². The number of nitrogens with zero attached hydrogens (tertiary/aromatic N) is 1. The highest BCUT2D eigenvalue weighted by molar-refractivity contribution is 14.1. The maximum atomic E-state index is 13.9. The topological polar surface area (TPSA) is 135 Å². The maximum Gasteiger partial charge on any atom is 0.330 e. The third kappa shape index (κ3) is 5.33. The number of sulfone groups is 1. The van der Waals surface area contributed by atoms with Crippen molar-refractivity contribution in [3.8, 4) is 17.0 Å². The van der Waals surface area contributed by atoms with Crippen molar-refractivity contribution in [1.29, 1.82) is 0 Å². The fourth-order valence-corrected chi connectivity index (χ4v) is 9.84. The Hall–Kier alpha value is -3.63. The van der Waals surface area contributed by atoms with Crippen LogP contribution in [-0.2, 0) is 41.3 Å². The van der Waals surface area contributed by atoms with Gasteiger partial charge in [-0.3, -0.25) is 9.59 Å². The number of carbonyl (C=O) groups is 3. The van der Waals surface area contributed by atoms with Crippen molar-refractivity contribution in [2.75, 3.05) is 6.61 Å². The van der Waals surface area contributed by atoms with E-state index in [1.54, 1.807) is 18.2 Å². The molecule has 2 fully saturated rings. The van der Waals surface area contributed by atoms with Crippen LogP contribution in [-0.4, -0.2) is 64.9 Å². The second kappa shape index (κ2) is 11.3. The second-order valence-electron chi connectivity index (χ2n) is 11.9. The van der Waals surface area contributed by atoms with Gasteiger partial charge < -0.3 is 24.7 Å². The molecule has 0 radical (unpaired) electrons. The van der Waals surface area contributed by atoms with Gasteiger partial charge in [0.25, 0.3) is 5.91 Å². The molecule has 0 saturated carbocycles. The number of benzene rings is 3. The van der Waals surface area contributed by atoms with Crippen LogP contribution >= 0.6 is 34.4 Å². The smallest absolute Gasteiger partial charge is 0.330 e. The molecule has 238 valence electrons. The van der Waals surface area contributed by atoms with E-state index in [-0.39, 0.29) is 28.9 Å². The standard InChI is InChI=1S/C32H27FIN3O7S2/c1-32(2)28(31(40)44-13-16-3-6-18(34)7-4-16)37-29(39)27(30(37)45-32)36-25(38)14-43-19-8-9-20-24(12-19)46(41,42)15-22-21-11-17(33)5-10-23(21)35-26(20)22/h3-12,27-28,30,35H,13-15H2,1-2H3,(H,36,38). The molecule has 2 amide bonds. The molecule has 3 aliphatic rings. The molecule has 7 rings (SSSR count). The molecule has 46 heavy (non-hydrogen) atoms. The van der Waals surface area contributed by atoms with Crippen LogP contribution in [0.3, 0.4) is 0 Å². The van der Waals surface area contributed by atoms with E-state index < -0.39 is 56.3 Å². The number of halogens is 2. The normalized spacial score (nSPS) is 22.0. The van der Waals surface area contributed by atoms with Gasteiger partial charge >= 0.3 is 5.97 Å². The quantitative estimate of drug-likeness (QED) is 0.159. The number of H-pyrrole nitrogens is 1. The van der Waals surface area contributed by atoms with Gasteiger partial charge in [-0.2, -0.15) is 0 Å². The highest BCUT2D eigenvalue weighted by Gasteiger charge is 2.64. The number of aromatic nitrogens is 1. The lowest BCUT2D eigenvalue weighted by atomic mass is 9.96. The monoisotopic (exact) mass is 775 g/mol. The summed E-state index contributed by atoms with van der Waals surface area (Å²) in [5.41, 5.74) is 3.00. The Bertz CT molecular complexity index is 2050. The van der Waals surface area contributed by atoms with E-state index in [0.717, 1.165) is 9.13 Å². The first kappa shape index (κ1) is 31.0. The number of fused-ring (bicyclic) bond motifs is 6. The molecule has 3 aliphatic heterocycles. The summed E-state index contributed by atoms with van der Waals surface area (Å²) in [6, 6.07) is 14.6. The number of aromatic amines is 1. The van der Waals surface area contributed by atoms with E-state index in [1.165, 1.54) is 34.9 Å². The lowest BCUT2D eigenvalue weighted by Gasteiger charge is -2.43. The van der Waals surface area contributed by atoms with Crippen molar-refractivity contribution in [2.45, 2.75) is 53.3 Å². The largest absolute Gasteiger partial charge is 0.484 e. The predicted octanol–water partition coefficient (Wildman–Crippen LogP) is 4.54. The van der Waals surface area contributed by atoms with Gasteiger partial charge in [0.05, 0.1) is 16.3 Å². The van der Waals surface area contributed by atoms with Gasteiger partial charge in [-0.05, 0) is 90.5 Å². The molecule has 0 bridgehead atoms. The van der Waals surface area contributed by atoms with E-state index in [9.17, 15) is 27.2 Å². The van der Waals surface area contributed by atoms with Crippen molar-refractivity contribution < 1.29 is 36.7 Å². The summed E-state index contributed by atoms with van der Waals surface area (Å²) in [4.78, 5) is 43.8. The first-order chi connectivity index (χ1) is 21.8. The van der Waals surface area contributed by atoms with Crippen LogP contribution in [0.2, 0.25) is 0 Å². The number of thioether (sulfide) groups is 1. The minimum Gasteiger partial charge on any atom is -0.484 e. The maximum absolute atomic E-state index is 13.9. The molecule has 3 atom stereocenters. The minimum absolute atomic E-state index is 0.0410. The lowest BCUT2D eigenvalue weighted by molar-refractivity contribution is -0.165. The molecule has 2 saturated heterocycles. The highest BCUT2D eigenvalue weighted by atomic mass is 127. The van der Waals surface area contributed by atoms with E-state index in [0.29, 0.717) is 27.7 Å². The van der Waals surface area contributed by atoms with Crippen molar-refractivity contribution >= 4 is 72.9 Å². The summed E-state index contributed by atoms with van der Waals surface area (Å²) in [7, 11) is -3.78. The number of nitrogens with one attached hydrogen (secondary N) is 2. The number of ether oxygens (including phenoxy) is 2. The predicted molar refractivity (Wildman–Crippen MR) is 177 cm³/mol. The summed E-state index contributed by atoms with van der Waals surface area (Å²) < 4.78 is 52.0. The van der Waals surface area contributed by atoms with Crippen LogP contribution < -0.4 is 10.1 Å². The summed E-state index contributed by atoms with van der Waals surface area (Å²) in [5, 5.41) is 2.76. The third-order valence-electron chi connectivity index (χ3n) is 8.41. The van der Waals surface area contributed by atoms with Crippen LogP contribution in [0.4, 0.5) is 4.39 Å². The summed E-state index contributed by atoms with van der Waals surface area (Å²) in [6.45, 7) is 3.36. The van der Waals surface area contributed by atoms with Crippen LogP contribution in [0.25, 0.3) is 22.2 Å². The van der Waals surface area contributed by atoms with E-state index in [1.807, 2.05) is 38.1 Å². The molecule has 4 heterocycles. The van der Waals surface area contributed by atoms with Crippen molar-refractivity contribution in [2.24, 2.45) is 0 Å². The van der Waals surface area contributed by atoms with Crippen LogP contribution in [0.5, 0.6) is 5.75 Å². The fourth-order valence-electron chi connectivity index (χ4n) is 6.23. The zero-order valence-electron chi connectivity index (χ0n) is 24.5. The number of amides is 2. The zero-order chi connectivity index (χ0) is 32.5. The Morgan fingerprint density at radius 2 is 1.89 bits per heavy atom. The second-order valence-corrected chi connectivity index (χ2v) is 16.9. The van der Waals surface area contributed by atoms with Crippen molar-refractivity contribution in [1.82, 2.24) is 15.2 Å². The Balaban J connectivity index is 0.996. The SMILES string of the molecule is CC1(C)SC2C(NC(=O)COc3ccc4c(c3)S(=O)(=O)Cc3c-4[nH]c4ccc(F)cc34)C(=O)N2C1C(=O)OCc1ccc(I)cc1. The van der Waals surface area contributed by atoms with Crippen LogP contribution in [0, 0.1) is 9.39 Å². The number of esters is 1. The highest BCUT2D eigenvalue weighted by Crippen LogP contribution is 2.51. The molecule has 1 aromatic heterocycles. The molecular formula is C32H27FIN3O7S2. The van der Waals surface area contributed by atoms with Gasteiger partial charge in [0.2, 0.25) is 5.91 Å². The number of rotatable bonds is 7. The zero-order valence-corrected chi connectivity index (χ0v) is 28.3. The van der Waals surface area contributed by atoms with E-state index in [4.69, 9.17) is 9.47 Å². The minimum atomic E-state index is -3.78. The van der Waals surface area contributed by atoms with E-state index in [2.05, 4.69) is 32.9 Å². The molecule has 0 spiro atoms.